The highest BCUT2D eigenvalue weighted by Crippen LogP contribution is 2.17. The molecular weight excluding hydrogens is 292 g/mol. The van der Waals surface area contributed by atoms with Gasteiger partial charge in [0.2, 0.25) is 11.8 Å². The van der Waals surface area contributed by atoms with E-state index in [1.807, 2.05) is 36.4 Å². The van der Waals surface area contributed by atoms with E-state index >= 15 is 0 Å². The minimum Gasteiger partial charge on any atom is -0.353 e. The summed E-state index contributed by atoms with van der Waals surface area (Å²) in [5, 5.41) is 4.77. The van der Waals surface area contributed by atoms with E-state index in [9.17, 15) is 14.4 Å². The number of Topliss-reactive ketones (excluding diaryl/α,β-unsaturated/α-hetero) is 1. The van der Waals surface area contributed by atoms with Crippen molar-refractivity contribution in [1.29, 1.82) is 0 Å². The molecule has 1 heterocycles. The molecule has 23 heavy (non-hydrogen) atoms. The van der Waals surface area contributed by atoms with Gasteiger partial charge in [-0.3, -0.25) is 14.4 Å². The third-order valence-electron chi connectivity index (χ3n) is 4.03. The number of carbonyl (C=O) groups is 3. The molecular formula is C18H18N2O3. The van der Waals surface area contributed by atoms with Crippen LogP contribution < -0.4 is 5.32 Å². The van der Waals surface area contributed by atoms with Gasteiger partial charge in [-0.05, 0) is 16.8 Å². The molecule has 0 atom stereocenters. The van der Waals surface area contributed by atoms with Gasteiger partial charge in [-0.25, -0.2) is 0 Å². The van der Waals surface area contributed by atoms with E-state index in [4.69, 9.17) is 0 Å². The lowest BCUT2D eigenvalue weighted by atomic mass is 10.0. The van der Waals surface area contributed by atoms with Gasteiger partial charge < -0.3 is 10.2 Å². The molecule has 5 heteroatoms. The van der Waals surface area contributed by atoms with Crippen molar-refractivity contribution >= 4 is 28.4 Å². The van der Waals surface area contributed by atoms with E-state index in [1.165, 1.54) is 4.90 Å². The van der Waals surface area contributed by atoms with Crippen LogP contribution in [0.15, 0.2) is 42.5 Å². The molecule has 1 aliphatic heterocycles. The van der Waals surface area contributed by atoms with E-state index in [0.717, 1.165) is 10.8 Å². The van der Waals surface area contributed by atoms with Gasteiger partial charge in [0.05, 0.1) is 6.54 Å². The Bertz CT molecular complexity index is 770. The average molecular weight is 310 g/mol. The number of nitrogens with one attached hydrogen (secondary N) is 1. The lowest BCUT2D eigenvalue weighted by Gasteiger charge is -2.26. The summed E-state index contributed by atoms with van der Waals surface area (Å²) in [7, 11) is 0. The van der Waals surface area contributed by atoms with Crippen LogP contribution in [0.25, 0.3) is 10.8 Å². The van der Waals surface area contributed by atoms with Gasteiger partial charge in [0, 0.05) is 31.5 Å². The quantitative estimate of drug-likeness (QED) is 0.875. The maximum absolute atomic E-state index is 12.3. The number of fused-ring (bicyclic) bond motifs is 1. The van der Waals surface area contributed by atoms with Crippen LogP contribution in [0, 0.1) is 0 Å². The maximum atomic E-state index is 12.3. The Morgan fingerprint density at radius 1 is 1.04 bits per heavy atom. The minimum absolute atomic E-state index is 0.0504. The Hall–Kier alpha value is -2.69. The first-order valence-corrected chi connectivity index (χ1v) is 7.70. The summed E-state index contributed by atoms with van der Waals surface area (Å²) in [5.74, 6) is -0.343. The summed E-state index contributed by atoms with van der Waals surface area (Å²) in [6.07, 6.45) is 0.300. The van der Waals surface area contributed by atoms with Crippen LogP contribution in [0.1, 0.15) is 23.2 Å². The van der Waals surface area contributed by atoms with Crippen LogP contribution >= 0.6 is 0 Å². The fraction of sp³-hybridized carbons (Fsp3) is 0.278. The molecule has 5 nitrogen and oxygen atoms in total. The average Bonchev–Trinajstić information content (AvgIpc) is 2.59. The van der Waals surface area contributed by atoms with Gasteiger partial charge in [-0.15, -0.1) is 0 Å². The van der Waals surface area contributed by atoms with Gasteiger partial charge in [0.25, 0.3) is 0 Å². The summed E-state index contributed by atoms with van der Waals surface area (Å²) in [4.78, 5) is 37.2. The third-order valence-corrected chi connectivity index (χ3v) is 4.03. The van der Waals surface area contributed by atoms with Crippen molar-refractivity contribution in [2.24, 2.45) is 0 Å². The van der Waals surface area contributed by atoms with Gasteiger partial charge >= 0.3 is 0 Å². The molecule has 0 saturated carbocycles. The number of piperazine rings is 1. The second kappa shape index (κ2) is 6.60. The molecule has 0 unspecified atom stereocenters. The van der Waals surface area contributed by atoms with Gasteiger partial charge in [0.1, 0.15) is 0 Å². The van der Waals surface area contributed by atoms with Crippen LogP contribution in [0.5, 0.6) is 0 Å². The molecule has 1 aliphatic rings. The highest BCUT2D eigenvalue weighted by molar-refractivity contribution is 6.01. The number of rotatable bonds is 4. The van der Waals surface area contributed by atoms with Crippen molar-refractivity contribution < 1.29 is 14.4 Å². The first-order valence-electron chi connectivity index (χ1n) is 7.70. The minimum atomic E-state index is -0.148. The Morgan fingerprint density at radius 2 is 1.83 bits per heavy atom. The highest BCUT2D eigenvalue weighted by Gasteiger charge is 2.21. The van der Waals surface area contributed by atoms with Crippen molar-refractivity contribution in [2.45, 2.75) is 12.8 Å². The van der Waals surface area contributed by atoms with E-state index in [1.54, 1.807) is 6.07 Å². The third kappa shape index (κ3) is 3.56. The van der Waals surface area contributed by atoms with Crippen molar-refractivity contribution in [3.63, 3.8) is 0 Å². The van der Waals surface area contributed by atoms with Crippen molar-refractivity contribution in [3.8, 4) is 0 Å². The number of benzene rings is 2. The van der Waals surface area contributed by atoms with E-state index < -0.39 is 0 Å². The van der Waals surface area contributed by atoms with Crippen LogP contribution in [0.4, 0.5) is 0 Å². The van der Waals surface area contributed by atoms with Crippen molar-refractivity contribution in [2.75, 3.05) is 19.6 Å². The number of hydrogen-bond acceptors (Lipinski definition) is 3. The summed E-state index contributed by atoms with van der Waals surface area (Å²) in [6, 6.07) is 13.4. The predicted octanol–water partition coefficient (Wildman–Crippen LogP) is 1.76. The molecule has 1 saturated heterocycles. The predicted molar refractivity (Wildman–Crippen MR) is 87.1 cm³/mol. The Labute approximate surface area is 134 Å². The summed E-state index contributed by atoms with van der Waals surface area (Å²) in [6.45, 7) is 1.07. The largest absolute Gasteiger partial charge is 0.353 e. The summed E-state index contributed by atoms with van der Waals surface area (Å²) >= 11 is 0. The summed E-state index contributed by atoms with van der Waals surface area (Å²) < 4.78 is 0. The standard InChI is InChI=1S/C18H18N2O3/c21-16(7-8-18(23)20-10-9-19-17(22)12-20)15-6-5-13-3-1-2-4-14(13)11-15/h1-6,11H,7-10,12H2,(H,19,22). The fourth-order valence-electron chi connectivity index (χ4n) is 2.74. The van der Waals surface area contributed by atoms with Crippen molar-refractivity contribution in [1.82, 2.24) is 10.2 Å². The smallest absolute Gasteiger partial charge is 0.239 e. The van der Waals surface area contributed by atoms with Crippen LogP contribution in [-0.2, 0) is 9.59 Å². The van der Waals surface area contributed by atoms with E-state index in [2.05, 4.69) is 5.32 Å². The van der Waals surface area contributed by atoms with Gasteiger partial charge in [-0.2, -0.15) is 0 Å². The monoisotopic (exact) mass is 310 g/mol. The fourth-order valence-corrected chi connectivity index (χ4v) is 2.74. The number of carbonyl (C=O) groups excluding carboxylic acids is 3. The molecule has 3 rings (SSSR count). The first-order chi connectivity index (χ1) is 11.1. The SMILES string of the molecule is O=C1CN(C(=O)CCC(=O)c2ccc3ccccc3c2)CCN1. The van der Waals surface area contributed by atoms with Gasteiger partial charge in [0.15, 0.2) is 5.78 Å². The molecule has 0 spiro atoms. The Kier molecular flexibility index (Phi) is 4.37. The zero-order valence-electron chi connectivity index (χ0n) is 12.7. The Morgan fingerprint density at radius 3 is 2.61 bits per heavy atom. The van der Waals surface area contributed by atoms with Gasteiger partial charge in [-0.1, -0.05) is 36.4 Å². The van der Waals surface area contributed by atoms with Crippen LogP contribution in [-0.4, -0.2) is 42.1 Å². The van der Waals surface area contributed by atoms with Crippen LogP contribution in [0.2, 0.25) is 0 Å². The van der Waals surface area contributed by atoms with E-state index in [0.29, 0.717) is 18.7 Å². The molecule has 0 aliphatic carbocycles. The zero-order valence-corrected chi connectivity index (χ0v) is 12.7. The molecule has 0 radical (unpaired) electrons. The summed E-state index contributed by atoms with van der Waals surface area (Å²) in [5.41, 5.74) is 0.618. The molecule has 1 N–H and O–H groups in total. The van der Waals surface area contributed by atoms with Crippen LogP contribution in [0.3, 0.4) is 0 Å². The molecule has 2 amide bonds. The molecule has 0 bridgehead atoms. The molecule has 1 fully saturated rings. The number of hydrogen-bond donors (Lipinski definition) is 1. The van der Waals surface area contributed by atoms with Crippen molar-refractivity contribution in [3.05, 3.63) is 48.0 Å². The maximum Gasteiger partial charge on any atom is 0.239 e. The number of nitrogens with zero attached hydrogens (tertiary/aromatic N) is 1. The number of ketones is 1. The number of amides is 2. The molecule has 2 aromatic rings. The molecule has 2 aromatic carbocycles. The Balaban J connectivity index is 1.61. The lowest BCUT2D eigenvalue weighted by molar-refractivity contribution is -0.138. The second-order valence-electron chi connectivity index (χ2n) is 5.65. The topological polar surface area (TPSA) is 66.5 Å². The zero-order chi connectivity index (χ0) is 16.2. The second-order valence-corrected chi connectivity index (χ2v) is 5.65. The van der Waals surface area contributed by atoms with E-state index in [-0.39, 0.29) is 37.0 Å². The molecule has 118 valence electrons. The lowest BCUT2D eigenvalue weighted by Crippen LogP contribution is -2.50. The highest BCUT2D eigenvalue weighted by atomic mass is 16.2. The first kappa shape index (κ1) is 15.2. The molecule has 0 aromatic heterocycles. The normalized spacial score (nSPS) is 14.6.